The van der Waals surface area contributed by atoms with E-state index in [1.165, 1.54) is 5.57 Å². The molecule has 0 saturated heterocycles. The molecule has 2 heterocycles. The Balaban J connectivity index is 1.70. The van der Waals surface area contributed by atoms with Crippen molar-refractivity contribution in [3.05, 3.63) is 76.8 Å². The van der Waals surface area contributed by atoms with Gasteiger partial charge in [-0.3, -0.25) is 9.69 Å². The van der Waals surface area contributed by atoms with Gasteiger partial charge in [0.1, 0.15) is 5.01 Å². The Bertz CT molecular complexity index is 1040. The second-order valence-corrected chi connectivity index (χ2v) is 9.63. The largest absolute Gasteiger partial charge is 0.299 e. The predicted octanol–water partition coefficient (Wildman–Crippen LogP) is 5.46. The summed E-state index contributed by atoms with van der Waals surface area (Å²) < 4.78 is 0.969. The Kier molecular flexibility index (Phi) is 5.08. The van der Waals surface area contributed by atoms with Crippen LogP contribution in [0, 0.1) is 6.92 Å². The van der Waals surface area contributed by atoms with Gasteiger partial charge < -0.3 is 0 Å². The lowest BCUT2D eigenvalue weighted by atomic mass is 9.88. The monoisotopic (exact) mass is 407 g/mol. The Morgan fingerprint density at radius 3 is 2.50 bits per heavy atom. The first-order valence-electron chi connectivity index (χ1n) is 9.09. The molecular weight excluding hydrogens is 386 g/mol. The van der Waals surface area contributed by atoms with Crippen LogP contribution in [0.1, 0.15) is 34.8 Å². The molecule has 1 amide bonds. The SMILES string of the molecule is Cc1nnc(SCC2=CC(C)(C)N(C(=O)c3ccccc3)c3ccccc32)s1. The zero-order valence-electron chi connectivity index (χ0n) is 16.0. The summed E-state index contributed by atoms with van der Waals surface area (Å²) in [6.45, 7) is 6.14. The Labute approximate surface area is 173 Å². The summed E-state index contributed by atoms with van der Waals surface area (Å²) >= 11 is 3.30. The van der Waals surface area contributed by atoms with Gasteiger partial charge in [-0.1, -0.05) is 65.6 Å². The zero-order chi connectivity index (χ0) is 19.7. The maximum absolute atomic E-state index is 13.3. The summed E-state index contributed by atoms with van der Waals surface area (Å²) in [5.74, 6) is 0.809. The molecule has 0 atom stereocenters. The van der Waals surface area contributed by atoms with Gasteiger partial charge in [0.15, 0.2) is 4.34 Å². The van der Waals surface area contributed by atoms with Crippen LogP contribution in [0.5, 0.6) is 0 Å². The van der Waals surface area contributed by atoms with E-state index in [0.717, 1.165) is 26.4 Å². The number of carbonyl (C=O) groups is 1. The number of hydrogen-bond donors (Lipinski definition) is 0. The van der Waals surface area contributed by atoms with Gasteiger partial charge in [0.2, 0.25) is 0 Å². The topological polar surface area (TPSA) is 46.1 Å². The number of carbonyl (C=O) groups excluding carboxylic acids is 1. The van der Waals surface area contributed by atoms with Crippen LogP contribution in [0.3, 0.4) is 0 Å². The predicted molar refractivity (Wildman–Crippen MR) is 117 cm³/mol. The molecule has 1 aliphatic rings. The van der Waals surface area contributed by atoms with E-state index in [2.05, 4.69) is 36.2 Å². The molecule has 4 rings (SSSR count). The zero-order valence-corrected chi connectivity index (χ0v) is 17.7. The van der Waals surface area contributed by atoms with E-state index < -0.39 is 5.54 Å². The minimum absolute atomic E-state index is 0.0146. The van der Waals surface area contributed by atoms with Crippen LogP contribution in [0.15, 0.2) is 65.0 Å². The molecule has 1 aliphatic heterocycles. The van der Waals surface area contributed by atoms with Crippen LogP contribution in [0.2, 0.25) is 0 Å². The van der Waals surface area contributed by atoms with Gasteiger partial charge in [0, 0.05) is 16.9 Å². The number of para-hydroxylation sites is 1. The number of hydrogen-bond acceptors (Lipinski definition) is 5. The van der Waals surface area contributed by atoms with E-state index in [9.17, 15) is 4.79 Å². The van der Waals surface area contributed by atoms with Crippen molar-refractivity contribution < 1.29 is 4.79 Å². The maximum Gasteiger partial charge on any atom is 0.259 e. The number of nitrogens with zero attached hydrogens (tertiary/aromatic N) is 3. The highest BCUT2D eigenvalue weighted by molar-refractivity contribution is 8.01. The van der Waals surface area contributed by atoms with Gasteiger partial charge in [-0.2, -0.15) is 0 Å². The first-order valence-corrected chi connectivity index (χ1v) is 10.9. The molecule has 0 saturated carbocycles. The lowest BCUT2D eigenvalue weighted by Crippen LogP contribution is -2.49. The van der Waals surface area contributed by atoms with Crippen LogP contribution in [-0.2, 0) is 0 Å². The number of benzene rings is 2. The van der Waals surface area contributed by atoms with E-state index in [0.29, 0.717) is 5.56 Å². The van der Waals surface area contributed by atoms with Crippen molar-refractivity contribution in [3.63, 3.8) is 0 Å². The molecule has 142 valence electrons. The highest BCUT2D eigenvalue weighted by Gasteiger charge is 2.36. The summed E-state index contributed by atoms with van der Waals surface area (Å²) in [6.07, 6.45) is 2.21. The molecule has 3 aromatic rings. The minimum atomic E-state index is -0.436. The van der Waals surface area contributed by atoms with Crippen LogP contribution in [-0.4, -0.2) is 27.4 Å². The van der Waals surface area contributed by atoms with Gasteiger partial charge >= 0.3 is 0 Å². The number of aromatic nitrogens is 2. The number of anilines is 1. The second-order valence-electron chi connectivity index (χ2n) is 7.22. The van der Waals surface area contributed by atoms with Gasteiger partial charge in [0.25, 0.3) is 5.91 Å². The molecule has 28 heavy (non-hydrogen) atoms. The van der Waals surface area contributed by atoms with Crippen molar-refractivity contribution in [1.82, 2.24) is 10.2 Å². The molecule has 0 radical (unpaired) electrons. The third-order valence-electron chi connectivity index (χ3n) is 4.68. The Morgan fingerprint density at radius 2 is 1.79 bits per heavy atom. The van der Waals surface area contributed by atoms with E-state index in [4.69, 9.17) is 0 Å². The third-order valence-corrected chi connectivity index (χ3v) is 6.70. The van der Waals surface area contributed by atoms with E-state index in [1.807, 2.05) is 60.4 Å². The quantitative estimate of drug-likeness (QED) is 0.539. The number of aryl methyl sites for hydroxylation is 1. The van der Waals surface area contributed by atoms with E-state index in [1.54, 1.807) is 23.1 Å². The average Bonchev–Trinajstić information content (AvgIpc) is 3.11. The molecule has 4 nitrogen and oxygen atoms in total. The van der Waals surface area contributed by atoms with Crippen molar-refractivity contribution in [2.75, 3.05) is 10.7 Å². The normalized spacial score (nSPS) is 15.1. The average molecular weight is 408 g/mol. The minimum Gasteiger partial charge on any atom is -0.299 e. The number of thioether (sulfide) groups is 1. The Hall–Kier alpha value is -2.44. The van der Waals surface area contributed by atoms with E-state index >= 15 is 0 Å². The molecule has 0 bridgehead atoms. The highest BCUT2D eigenvalue weighted by atomic mass is 32.2. The second kappa shape index (κ2) is 7.53. The van der Waals surface area contributed by atoms with Gasteiger partial charge in [0.05, 0.1) is 11.2 Å². The standard InChI is InChI=1S/C22H21N3OS2/c1-15-23-24-21(28-15)27-14-17-13-22(2,3)25(19-12-8-7-11-18(17)19)20(26)16-9-5-4-6-10-16/h4-13H,14H2,1-3H3. The molecule has 0 spiro atoms. The van der Waals surface area contributed by atoms with Crippen molar-refractivity contribution in [2.24, 2.45) is 0 Å². The Morgan fingerprint density at radius 1 is 1.07 bits per heavy atom. The molecule has 6 heteroatoms. The summed E-state index contributed by atoms with van der Waals surface area (Å²) in [5.41, 5.74) is 3.53. The number of rotatable bonds is 4. The van der Waals surface area contributed by atoms with Crippen LogP contribution in [0.4, 0.5) is 5.69 Å². The van der Waals surface area contributed by atoms with E-state index in [-0.39, 0.29) is 5.91 Å². The van der Waals surface area contributed by atoms with Crippen molar-refractivity contribution in [3.8, 4) is 0 Å². The molecule has 0 aliphatic carbocycles. The number of fused-ring (bicyclic) bond motifs is 1. The van der Waals surface area contributed by atoms with Crippen LogP contribution in [0.25, 0.3) is 5.57 Å². The molecule has 0 N–H and O–H groups in total. The van der Waals surface area contributed by atoms with Gasteiger partial charge in [-0.05, 0) is 44.5 Å². The number of amides is 1. The van der Waals surface area contributed by atoms with Gasteiger partial charge in [-0.15, -0.1) is 10.2 Å². The highest BCUT2D eigenvalue weighted by Crippen LogP contribution is 2.41. The third kappa shape index (κ3) is 3.62. The summed E-state index contributed by atoms with van der Waals surface area (Å²) in [5, 5.41) is 9.29. The van der Waals surface area contributed by atoms with Crippen molar-refractivity contribution in [1.29, 1.82) is 0 Å². The summed E-state index contributed by atoms with van der Waals surface area (Å²) in [7, 11) is 0. The van der Waals surface area contributed by atoms with Crippen molar-refractivity contribution >= 4 is 40.3 Å². The fourth-order valence-corrected chi connectivity index (χ4v) is 5.30. The molecule has 0 unspecified atom stereocenters. The molecule has 2 aromatic carbocycles. The fraction of sp³-hybridized carbons (Fsp3) is 0.227. The first kappa shape index (κ1) is 18.9. The van der Waals surface area contributed by atoms with Crippen LogP contribution < -0.4 is 4.90 Å². The summed E-state index contributed by atoms with van der Waals surface area (Å²) in [4.78, 5) is 15.2. The smallest absolute Gasteiger partial charge is 0.259 e. The maximum atomic E-state index is 13.3. The molecule has 0 fully saturated rings. The molecular formula is C22H21N3OS2. The lowest BCUT2D eigenvalue weighted by molar-refractivity contribution is 0.0970. The fourth-order valence-electron chi connectivity index (χ4n) is 3.50. The van der Waals surface area contributed by atoms with Crippen LogP contribution >= 0.6 is 23.1 Å². The first-order chi connectivity index (χ1) is 13.5. The lowest BCUT2D eigenvalue weighted by Gasteiger charge is -2.42. The molecule has 1 aromatic heterocycles. The van der Waals surface area contributed by atoms with Crippen molar-refractivity contribution in [2.45, 2.75) is 30.6 Å². The summed E-state index contributed by atoms with van der Waals surface area (Å²) in [6, 6.07) is 17.6. The van der Waals surface area contributed by atoms with Gasteiger partial charge in [-0.25, -0.2) is 0 Å².